The van der Waals surface area contributed by atoms with Crippen molar-refractivity contribution in [2.24, 2.45) is 5.92 Å². The van der Waals surface area contributed by atoms with E-state index in [-0.39, 0.29) is 17.9 Å². The van der Waals surface area contributed by atoms with Crippen LogP contribution in [0.1, 0.15) is 36.9 Å². The van der Waals surface area contributed by atoms with Gasteiger partial charge in [0.1, 0.15) is 0 Å². The fourth-order valence-corrected chi connectivity index (χ4v) is 3.94. The van der Waals surface area contributed by atoms with Crippen LogP contribution in [0.3, 0.4) is 0 Å². The van der Waals surface area contributed by atoms with Crippen LogP contribution >= 0.6 is 0 Å². The Morgan fingerprint density at radius 3 is 2.92 bits per heavy atom. The van der Waals surface area contributed by atoms with Gasteiger partial charge in [-0.25, -0.2) is 0 Å². The number of carbonyl (C=O) groups is 1. The Morgan fingerprint density at radius 2 is 2.20 bits per heavy atom. The number of amides is 1. The largest absolute Gasteiger partial charge is 0.379 e. The maximum absolute atomic E-state index is 12.6. The lowest BCUT2D eigenvalue weighted by atomic mass is 9.92. The monoisotopic (exact) mass is 345 g/mol. The average Bonchev–Trinajstić information content (AvgIpc) is 2.63. The van der Waals surface area contributed by atoms with Crippen molar-refractivity contribution in [1.29, 1.82) is 0 Å². The van der Waals surface area contributed by atoms with Crippen molar-refractivity contribution >= 4 is 5.91 Å². The summed E-state index contributed by atoms with van der Waals surface area (Å²) in [7, 11) is 0. The van der Waals surface area contributed by atoms with Gasteiger partial charge in [-0.1, -0.05) is 29.8 Å². The van der Waals surface area contributed by atoms with Crippen LogP contribution in [0.4, 0.5) is 0 Å². The number of nitrogens with zero attached hydrogens (tertiary/aromatic N) is 1. The molecule has 25 heavy (non-hydrogen) atoms. The average molecular weight is 345 g/mol. The predicted molar refractivity (Wildman–Crippen MR) is 99.5 cm³/mol. The highest BCUT2D eigenvalue weighted by atomic mass is 16.5. The summed E-state index contributed by atoms with van der Waals surface area (Å²) in [5, 5.41) is 6.65. The van der Waals surface area contributed by atoms with Crippen molar-refractivity contribution in [3.63, 3.8) is 0 Å². The first-order valence-electron chi connectivity index (χ1n) is 9.53. The van der Waals surface area contributed by atoms with Gasteiger partial charge in [0.15, 0.2) is 0 Å². The molecule has 3 rings (SSSR count). The third-order valence-electron chi connectivity index (χ3n) is 5.38. The van der Waals surface area contributed by atoms with Crippen LogP contribution in [0.5, 0.6) is 0 Å². The number of ether oxygens (including phenoxy) is 1. The van der Waals surface area contributed by atoms with E-state index in [1.54, 1.807) is 0 Å². The lowest BCUT2D eigenvalue weighted by Crippen LogP contribution is -2.46. The van der Waals surface area contributed by atoms with Gasteiger partial charge in [-0.3, -0.25) is 9.69 Å². The Hall–Kier alpha value is -1.43. The van der Waals surface area contributed by atoms with Crippen molar-refractivity contribution in [1.82, 2.24) is 15.5 Å². The summed E-state index contributed by atoms with van der Waals surface area (Å²) >= 11 is 0. The third kappa shape index (κ3) is 5.03. The number of hydrogen-bond donors (Lipinski definition) is 2. The minimum Gasteiger partial charge on any atom is -0.379 e. The van der Waals surface area contributed by atoms with Gasteiger partial charge in [0.05, 0.1) is 19.3 Å². The summed E-state index contributed by atoms with van der Waals surface area (Å²) in [6.45, 7) is 9.24. The van der Waals surface area contributed by atoms with Gasteiger partial charge < -0.3 is 15.4 Å². The molecule has 2 aliphatic rings. The van der Waals surface area contributed by atoms with E-state index in [2.05, 4.69) is 53.6 Å². The molecule has 0 bridgehead atoms. The molecule has 0 radical (unpaired) electrons. The highest BCUT2D eigenvalue weighted by Crippen LogP contribution is 2.23. The fourth-order valence-electron chi connectivity index (χ4n) is 3.94. The van der Waals surface area contributed by atoms with Crippen LogP contribution in [-0.2, 0) is 9.53 Å². The van der Waals surface area contributed by atoms with E-state index in [0.29, 0.717) is 12.6 Å². The van der Waals surface area contributed by atoms with Crippen LogP contribution in [-0.4, -0.2) is 56.2 Å². The fraction of sp³-hybridized carbons (Fsp3) is 0.650. The maximum atomic E-state index is 12.6. The van der Waals surface area contributed by atoms with Gasteiger partial charge in [-0.05, 0) is 38.8 Å². The molecule has 5 heteroatoms. The van der Waals surface area contributed by atoms with Gasteiger partial charge in [-0.2, -0.15) is 0 Å². The zero-order valence-electron chi connectivity index (χ0n) is 15.5. The van der Waals surface area contributed by atoms with Crippen molar-refractivity contribution in [2.45, 2.75) is 38.8 Å². The molecule has 2 aliphatic heterocycles. The highest BCUT2D eigenvalue weighted by molar-refractivity contribution is 5.78. The van der Waals surface area contributed by atoms with E-state index < -0.39 is 0 Å². The lowest BCUT2D eigenvalue weighted by molar-refractivity contribution is -0.126. The van der Waals surface area contributed by atoms with Crippen LogP contribution in [0.15, 0.2) is 24.3 Å². The molecule has 1 unspecified atom stereocenters. The van der Waals surface area contributed by atoms with Gasteiger partial charge in [0.2, 0.25) is 5.91 Å². The first-order valence-corrected chi connectivity index (χ1v) is 9.53. The van der Waals surface area contributed by atoms with Gasteiger partial charge in [0, 0.05) is 31.6 Å². The van der Waals surface area contributed by atoms with E-state index in [0.717, 1.165) is 45.7 Å². The first-order chi connectivity index (χ1) is 12.1. The topological polar surface area (TPSA) is 53.6 Å². The number of carbonyl (C=O) groups excluding carboxylic acids is 1. The van der Waals surface area contributed by atoms with E-state index in [9.17, 15) is 4.79 Å². The number of morpholine rings is 1. The van der Waals surface area contributed by atoms with Gasteiger partial charge >= 0.3 is 0 Å². The second-order valence-corrected chi connectivity index (χ2v) is 7.40. The van der Waals surface area contributed by atoms with Crippen molar-refractivity contribution in [2.75, 3.05) is 39.4 Å². The number of nitrogens with one attached hydrogen (secondary N) is 2. The smallest absolute Gasteiger partial charge is 0.223 e. The number of aryl methyl sites for hydroxylation is 1. The number of piperidine rings is 1. The normalized spacial score (nSPS) is 26.2. The molecular weight excluding hydrogens is 314 g/mol. The minimum absolute atomic E-state index is 0.138. The van der Waals surface area contributed by atoms with E-state index in [1.165, 1.54) is 11.1 Å². The molecule has 2 N–H and O–H groups in total. The molecule has 1 amide bonds. The number of benzene rings is 1. The highest BCUT2D eigenvalue weighted by Gasteiger charge is 2.27. The maximum Gasteiger partial charge on any atom is 0.223 e. The molecule has 2 saturated heterocycles. The summed E-state index contributed by atoms with van der Waals surface area (Å²) in [6, 6.07) is 9.27. The molecular formula is C20H31N3O2. The second kappa shape index (κ2) is 8.79. The first kappa shape index (κ1) is 18.4. The van der Waals surface area contributed by atoms with Crippen LogP contribution in [0.2, 0.25) is 0 Å². The Labute approximate surface area is 151 Å². The molecule has 2 heterocycles. The third-order valence-corrected chi connectivity index (χ3v) is 5.38. The van der Waals surface area contributed by atoms with Crippen LogP contribution in [0.25, 0.3) is 0 Å². The SMILES string of the molecule is Cc1cccc(C(CNC(=O)[C@H]2CCN[C@@H](C)C2)N2CCOCC2)c1. The van der Waals surface area contributed by atoms with E-state index >= 15 is 0 Å². The summed E-state index contributed by atoms with van der Waals surface area (Å²) in [4.78, 5) is 15.1. The van der Waals surface area contributed by atoms with E-state index in [1.807, 2.05) is 0 Å². The predicted octanol–water partition coefficient (Wildman–Crippen LogP) is 1.87. The summed E-state index contributed by atoms with van der Waals surface area (Å²) in [6.07, 6.45) is 1.86. The van der Waals surface area contributed by atoms with Crippen molar-refractivity contribution < 1.29 is 9.53 Å². The molecule has 3 atom stereocenters. The zero-order chi connectivity index (χ0) is 17.6. The Morgan fingerprint density at radius 1 is 1.40 bits per heavy atom. The van der Waals surface area contributed by atoms with Gasteiger partial charge in [0.25, 0.3) is 0 Å². The molecule has 138 valence electrons. The molecule has 5 nitrogen and oxygen atoms in total. The van der Waals surface area contributed by atoms with Gasteiger partial charge in [-0.15, -0.1) is 0 Å². The molecule has 0 aliphatic carbocycles. The Balaban J connectivity index is 1.66. The number of hydrogen-bond acceptors (Lipinski definition) is 4. The quantitative estimate of drug-likeness (QED) is 0.855. The van der Waals surface area contributed by atoms with Crippen molar-refractivity contribution in [3.8, 4) is 0 Å². The summed E-state index contributed by atoms with van der Waals surface area (Å²) in [5.74, 6) is 0.346. The minimum atomic E-state index is 0.138. The summed E-state index contributed by atoms with van der Waals surface area (Å²) < 4.78 is 5.51. The lowest BCUT2D eigenvalue weighted by Gasteiger charge is -2.35. The Kier molecular flexibility index (Phi) is 6.45. The molecule has 1 aromatic carbocycles. The Bertz CT molecular complexity index is 572. The zero-order valence-corrected chi connectivity index (χ0v) is 15.5. The molecule has 0 aromatic heterocycles. The van der Waals surface area contributed by atoms with Crippen LogP contribution in [0, 0.1) is 12.8 Å². The molecule has 2 fully saturated rings. The van der Waals surface area contributed by atoms with E-state index in [4.69, 9.17) is 4.74 Å². The summed E-state index contributed by atoms with van der Waals surface area (Å²) in [5.41, 5.74) is 2.54. The second-order valence-electron chi connectivity index (χ2n) is 7.40. The number of rotatable bonds is 5. The molecule has 1 aromatic rings. The molecule has 0 spiro atoms. The molecule has 0 saturated carbocycles. The van der Waals surface area contributed by atoms with Crippen LogP contribution < -0.4 is 10.6 Å². The van der Waals surface area contributed by atoms with Crippen molar-refractivity contribution in [3.05, 3.63) is 35.4 Å². The standard InChI is InChI=1S/C20H31N3O2/c1-15-4-3-5-17(12-15)19(23-8-10-25-11-9-23)14-22-20(24)18-6-7-21-16(2)13-18/h3-5,12,16,18-19,21H,6-11,13-14H2,1-2H3,(H,22,24)/t16-,18-,19?/m0/s1.